The van der Waals surface area contributed by atoms with Gasteiger partial charge in [-0.15, -0.1) is 11.3 Å². The highest BCUT2D eigenvalue weighted by Crippen LogP contribution is 2.47. The molecule has 0 amide bonds. The molecule has 0 fully saturated rings. The summed E-state index contributed by atoms with van der Waals surface area (Å²) in [4.78, 5) is 2.43. The van der Waals surface area contributed by atoms with E-state index in [4.69, 9.17) is 0 Å². The summed E-state index contributed by atoms with van der Waals surface area (Å²) in [5, 5.41) is 17.6. The molecular formula is C80H50N2S. The van der Waals surface area contributed by atoms with E-state index in [9.17, 15) is 0 Å². The van der Waals surface area contributed by atoms with Gasteiger partial charge in [0.05, 0.1) is 27.1 Å². The van der Waals surface area contributed by atoms with E-state index < -0.39 is 0 Å². The highest BCUT2D eigenvalue weighted by atomic mass is 32.1. The molecule has 0 atom stereocenters. The number of benzene rings is 15. The molecule has 3 heteroatoms. The van der Waals surface area contributed by atoms with Gasteiger partial charge in [-0.05, 0) is 172 Å². The Morgan fingerprint density at radius 1 is 0.253 bits per heavy atom. The lowest BCUT2D eigenvalue weighted by atomic mass is 9.91. The highest BCUT2D eigenvalue weighted by Gasteiger charge is 2.22. The van der Waals surface area contributed by atoms with Crippen LogP contribution in [0.2, 0.25) is 0 Å². The summed E-state index contributed by atoms with van der Waals surface area (Å²) in [6.45, 7) is 0. The van der Waals surface area contributed by atoms with E-state index in [0.29, 0.717) is 0 Å². The third-order valence-electron chi connectivity index (χ3n) is 17.4. The van der Waals surface area contributed by atoms with Gasteiger partial charge in [-0.1, -0.05) is 224 Å². The summed E-state index contributed by atoms with van der Waals surface area (Å²) in [6.07, 6.45) is 0. The monoisotopic (exact) mass is 1070 g/mol. The molecule has 0 bridgehead atoms. The van der Waals surface area contributed by atoms with Crippen molar-refractivity contribution in [2.45, 2.75) is 0 Å². The standard InChI is InChI=1S/C80H50N2S/c1-2-17-51(18-3-1)52-33-40-58(41-34-52)81(78-31-16-29-70-69-28-13-15-32-79(69)83-80(70)78)59-42-35-53(36-43-59)54-38-45-76-73(47-54)74-50-57(71-48-55-19-4-5-20-60(55)62-22-6-10-26-66(62)71)39-46-77(74)82(76)75-30-14-12-21-61(75)56-37-44-68-65-25-8-7-23-63(65)64-24-9-11-27-67(64)72(68)49-56/h1-50H. The van der Waals surface area contributed by atoms with Crippen molar-refractivity contribution in [2.24, 2.45) is 0 Å². The van der Waals surface area contributed by atoms with Crippen LogP contribution in [0.25, 0.3) is 146 Å². The van der Waals surface area contributed by atoms with E-state index in [-0.39, 0.29) is 0 Å². The molecule has 15 aromatic carbocycles. The Labute approximate surface area is 484 Å². The smallest absolute Gasteiger partial charge is 0.0640 e. The molecule has 0 spiro atoms. The Hall–Kier alpha value is -10.6. The zero-order valence-electron chi connectivity index (χ0n) is 45.2. The van der Waals surface area contributed by atoms with Crippen LogP contribution in [0.3, 0.4) is 0 Å². The van der Waals surface area contributed by atoms with Crippen LogP contribution in [0.1, 0.15) is 0 Å². The molecule has 386 valence electrons. The van der Waals surface area contributed by atoms with Crippen LogP contribution in [0.15, 0.2) is 303 Å². The predicted octanol–water partition coefficient (Wildman–Crippen LogP) is 23.1. The van der Waals surface area contributed by atoms with E-state index in [0.717, 1.165) is 39.2 Å². The van der Waals surface area contributed by atoms with Crippen molar-refractivity contribution in [3.05, 3.63) is 303 Å². The maximum atomic E-state index is 2.51. The van der Waals surface area contributed by atoms with Crippen molar-refractivity contribution >= 4 is 124 Å². The number of para-hydroxylation sites is 1. The van der Waals surface area contributed by atoms with Crippen LogP contribution < -0.4 is 4.90 Å². The zero-order chi connectivity index (χ0) is 54.5. The maximum Gasteiger partial charge on any atom is 0.0640 e. The Balaban J connectivity index is 0.841. The molecule has 0 N–H and O–H groups in total. The fourth-order valence-electron chi connectivity index (χ4n) is 13.5. The first-order valence-corrected chi connectivity index (χ1v) is 29.4. The molecule has 17 rings (SSSR count). The summed E-state index contributed by atoms with van der Waals surface area (Å²) >= 11 is 1.87. The molecular weight excluding hydrogens is 1020 g/mol. The molecule has 2 nitrogen and oxygen atoms in total. The molecule has 0 unspecified atom stereocenters. The topological polar surface area (TPSA) is 8.17 Å². The van der Waals surface area contributed by atoms with Gasteiger partial charge in [0, 0.05) is 43.2 Å². The second kappa shape index (κ2) is 19.0. The Morgan fingerprint density at radius 2 is 0.711 bits per heavy atom. The second-order valence-electron chi connectivity index (χ2n) is 21.9. The Kier molecular flexibility index (Phi) is 10.8. The fourth-order valence-corrected chi connectivity index (χ4v) is 14.7. The van der Waals surface area contributed by atoms with E-state index in [1.165, 1.54) is 124 Å². The highest BCUT2D eigenvalue weighted by molar-refractivity contribution is 7.26. The van der Waals surface area contributed by atoms with Crippen molar-refractivity contribution in [1.29, 1.82) is 0 Å². The molecule has 0 saturated heterocycles. The second-order valence-corrected chi connectivity index (χ2v) is 23.0. The zero-order valence-corrected chi connectivity index (χ0v) is 46.0. The lowest BCUT2D eigenvalue weighted by Crippen LogP contribution is -2.10. The largest absolute Gasteiger partial charge is 0.309 e. The normalized spacial score (nSPS) is 11.9. The minimum atomic E-state index is 1.10. The lowest BCUT2D eigenvalue weighted by molar-refractivity contribution is 1.18. The van der Waals surface area contributed by atoms with E-state index in [2.05, 4.69) is 313 Å². The van der Waals surface area contributed by atoms with Crippen LogP contribution in [-0.4, -0.2) is 4.57 Å². The van der Waals surface area contributed by atoms with Crippen molar-refractivity contribution in [3.63, 3.8) is 0 Å². The summed E-state index contributed by atoms with van der Waals surface area (Å²) in [6, 6.07) is 112. The SMILES string of the molecule is c1ccc(-c2ccc(N(c3ccc(-c4ccc5c(c4)c4cc(-c6cc7ccccc7c7ccccc67)ccc4n5-c4ccccc4-c4ccc5c6ccccc6c6ccccc6c5c4)cc3)c3cccc4c3sc3ccccc34)cc2)cc1. The number of rotatable bonds is 8. The number of thiophene rings is 1. The number of anilines is 3. The quantitative estimate of drug-likeness (QED) is 0.138. The summed E-state index contributed by atoms with van der Waals surface area (Å²) in [5.74, 6) is 0. The summed E-state index contributed by atoms with van der Waals surface area (Å²) in [7, 11) is 0. The average Bonchev–Trinajstić information content (AvgIpc) is 2.82. The molecule has 0 aliphatic carbocycles. The van der Waals surface area contributed by atoms with Crippen LogP contribution in [0.4, 0.5) is 17.1 Å². The first-order chi connectivity index (χ1) is 41.2. The minimum Gasteiger partial charge on any atom is -0.309 e. The van der Waals surface area contributed by atoms with Crippen molar-refractivity contribution in [1.82, 2.24) is 4.57 Å². The van der Waals surface area contributed by atoms with Gasteiger partial charge in [-0.3, -0.25) is 0 Å². The van der Waals surface area contributed by atoms with E-state index >= 15 is 0 Å². The first-order valence-electron chi connectivity index (χ1n) is 28.6. The van der Waals surface area contributed by atoms with E-state index in [1.54, 1.807) is 0 Å². The third-order valence-corrected chi connectivity index (χ3v) is 18.6. The fraction of sp³-hybridized carbons (Fsp3) is 0. The minimum absolute atomic E-state index is 1.10. The molecule has 17 aromatic rings. The number of nitrogens with zero attached hydrogens (tertiary/aromatic N) is 2. The average molecular weight is 1070 g/mol. The Bertz CT molecular complexity index is 5400. The van der Waals surface area contributed by atoms with Crippen molar-refractivity contribution < 1.29 is 0 Å². The lowest BCUT2D eigenvalue weighted by Gasteiger charge is -2.26. The molecule has 0 aliphatic rings. The van der Waals surface area contributed by atoms with Gasteiger partial charge in [0.25, 0.3) is 0 Å². The molecule has 0 saturated carbocycles. The molecule has 2 aromatic heterocycles. The van der Waals surface area contributed by atoms with Gasteiger partial charge in [-0.25, -0.2) is 0 Å². The van der Waals surface area contributed by atoms with Gasteiger partial charge in [0.2, 0.25) is 0 Å². The third kappa shape index (κ3) is 7.63. The van der Waals surface area contributed by atoms with Gasteiger partial charge < -0.3 is 9.47 Å². The van der Waals surface area contributed by atoms with Crippen LogP contribution >= 0.6 is 11.3 Å². The molecule has 0 aliphatic heterocycles. The van der Waals surface area contributed by atoms with Gasteiger partial charge in [-0.2, -0.15) is 0 Å². The molecule has 83 heavy (non-hydrogen) atoms. The van der Waals surface area contributed by atoms with Crippen molar-refractivity contribution in [2.75, 3.05) is 4.90 Å². The van der Waals surface area contributed by atoms with E-state index in [1.807, 2.05) is 11.3 Å². The Morgan fingerprint density at radius 3 is 1.41 bits per heavy atom. The number of hydrogen-bond donors (Lipinski definition) is 0. The van der Waals surface area contributed by atoms with Crippen LogP contribution in [0, 0.1) is 0 Å². The molecule has 2 heterocycles. The number of hydrogen-bond acceptors (Lipinski definition) is 2. The van der Waals surface area contributed by atoms with Gasteiger partial charge in [0.1, 0.15) is 0 Å². The van der Waals surface area contributed by atoms with Gasteiger partial charge in [0.15, 0.2) is 0 Å². The van der Waals surface area contributed by atoms with Crippen molar-refractivity contribution in [3.8, 4) is 50.2 Å². The van der Waals surface area contributed by atoms with Gasteiger partial charge >= 0.3 is 0 Å². The van der Waals surface area contributed by atoms with Crippen LogP contribution in [0.5, 0.6) is 0 Å². The summed E-state index contributed by atoms with van der Waals surface area (Å²) < 4.78 is 5.07. The maximum absolute atomic E-state index is 2.51. The number of fused-ring (bicyclic) bond motifs is 15. The van der Waals surface area contributed by atoms with Crippen LogP contribution in [-0.2, 0) is 0 Å². The first kappa shape index (κ1) is 47.2. The predicted molar refractivity (Wildman–Crippen MR) is 358 cm³/mol. The molecule has 0 radical (unpaired) electrons. The summed E-state index contributed by atoms with van der Waals surface area (Å²) in [5.41, 5.74) is 16.3. The number of aromatic nitrogens is 1.